The lowest BCUT2D eigenvalue weighted by atomic mass is 10.0. The molecule has 1 aliphatic rings. The Kier molecular flexibility index (Phi) is 7.87. The maximum Gasteiger partial charge on any atom is 0.416 e. The first kappa shape index (κ1) is 27.7. The Balaban J connectivity index is 1.30. The monoisotopic (exact) mass is 568 g/mol. The van der Waals surface area contributed by atoms with Gasteiger partial charge in [0, 0.05) is 48.1 Å². The second kappa shape index (κ2) is 11.3. The molecule has 10 heteroatoms. The van der Waals surface area contributed by atoms with Crippen molar-refractivity contribution in [1.82, 2.24) is 14.5 Å². The minimum Gasteiger partial charge on any atom is -0.496 e. The van der Waals surface area contributed by atoms with Crippen LogP contribution in [-0.4, -0.2) is 47.1 Å². The highest BCUT2D eigenvalue weighted by atomic mass is 35.5. The molecule has 1 aromatic heterocycles. The second-order valence-corrected chi connectivity index (χ2v) is 10.2. The van der Waals surface area contributed by atoms with Crippen molar-refractivity contribution in [2.45, 2.75) is 25.7 Å². The van der Waals surface area contributed by atoms with Crippen molar-refractivity contribution < 1.29 is 22.7 Å². The third-order valence-corrected chi connectivity index (χ3v) is 7.47. The highest BCUT2D eigenvalue weighted by Crippen LogP contribution is 2.35. The molecule has 0 saturated carbocycles. The van der Waals surface area contributed by atoms with Crippen molar-refractivity contribution >= 4 is 23.2 Å². The van der Waals surface area contributed by atoms with Gasteiger partial charge < -0.3 is 14.2 Å². The normalized spacial score (nSPS) is 15.3. The maximum absolute atomic E-state index is 13.0. The Bertz CT molecular complexity index is 1500. The number of halogens is 4. The number of ether oxygens (including phenoxy) is 1. The number of nitrogens with zero attached hydrogens (tertiary/aromatic N) is 4. The van der Waals surface area contributed by atoms with Crippen LogP contribution >= 0.6 is 11.6 Å². The van der Waals surface area contributed by atoms with Gasteiger partial charge in [-0.3, -0.25) is 9.69 Å². The summed E-state index contributed by atoms with van der Waals surface area (Å²) in [5.41, 5.74) is 3.35. The standard InChI is InChI=1S/C30H28ClF3N4O2/c1-20(36-12-13-38(29(39)18-36)25-5-3-4-24(31)15-25)27-16-35-19-37(27)17-21-6-11-26(28(14-21)40-2)22-7-9-23(10-8-22)30(32,33)34/h3-11,14-16,19-20H,12-13,17-18H2,1-2H3. The molecule has 0 N–H and O–H groups in total. The van der Waals surface area contributed by atoms with E-state index in [0.717, 1.165) is 29.1 Å². The molecule has 2 heterocycles. The fourth-order valence-corrected chi connectivity index (χ4v) is 5.23. The van der Waals surface area contributed by atoms with E-state index in [-0.39, 0.29) is 18.5 Å². The Morgan fingerprint density at radius 1 is 1.05 bits per heavy atom. The molecule has 6 nitrogen and oxygen atoms in total. The minimum absolute atomic E-state index is 0.00928. The number of aromatic nitrogens is 2. The third-order valence-electron chi connectivity index (χ3n) is 7.23. The summed E-state index contributed by atoms with van der Waals surface area (Å²) in [4.78, 5) is 21.3. The predicted octanol–water partition coefficient (Wildman–Crippen LogP) is 6.69. The molecular formula is C30H28ClF3N4O2. The second-order valence-electron chi connectivity index (χ2n) is 9.73. The van der Waals surface area contributed by atoms with Gasteiger partial charge in [-0.2, -0.15) is 13.2 Å². The van der Waals surface area contributed by atoms with Crippen LogP contribution in [0.2, 0.25) is 5.02 Å². The van der Waals surface area contributed by atoms with Crippen molar-refractivity contribution in [1.29, 1.82) is 0 Å². The fourth-order valence-electron chi connectivity index (χ4n) is 5.04. The van der Waals surface area contributed by atoms with Crippen molar-refractivity contribution in [2.75, 3.05) is 31.6 Å². The summed E-state index contributed by atoms with van der Waals surface area (Å²) >= 11 is 6.12. The molecule has 1 unspecified atom stereocenters. The zero-order valence-corrected chi connectivity index (χ0v) is 22.8. The summed E-state index contributed by atoms with van der Waals surface area (Å²) in [6.07, 6.45) is -0.818. The number of rotatable bonds is 7. The average Bonchev–Trinajstić information content (AvgIpc) is 3.40. The van der Waals surface area contributed by atoms with Crippen LogP contribution in [0.1, 0.15) is 29.8 Å². The molecule has 1 amide bonds. The van der Waals surface area contributed by atoms with Gasteiger partial charge in [0.05, 0.1) is 31.2 Å². The lowest BCUT2D eigenvalue weighted by Gasteiger charge is -2.37. The molecule has 5 rings (SSSR count). The van der Waals surface area contributed by atoms with Crippen LogP contribution in [0.25, 0.3) is 11.1 Å². The number of carbonyl (C=O) groups is 1. The lowest BCUT2D eigenvalue weighted by molar-refractivity contribution is -0.137. The van der Waals surface area contributed by atoms with Gasteiger partial charge in [0.15, 0.2) is 0 Å². The van der Waals surface area contributed by atoms with Gasteiger partial charge in [-0.25, -0.2) is 4.98 Å². The molecule has 1 fully saturated rings. The van der Waals surface area contributed by atoms with E-state index in [1.54, 1.807) is 23.4 Å². The van der Waals surface area contributed by atoms with E-state index in [1.807, 2.05) is 41.1 Å². The highest BCUT2D eigenvalue weighted by molar-refractivity contribution is 6.30. The number of hydrogen-bond acceptors (Lipinski definition) is 4. The van der Waals surface area contributed by atoms with E-state index < -0.39 is 11.7 Å². The molecule has 0 aliphatic carbocycles. The Morgan fingerprint density at radius 2 is 1.82 bits per heavy atom. The van der Waals surface area contributed by atoms with Crippen molar-refractivity contribution in [2.24, 2.45) is 0 Å². The Labute approximate surface area is 235 Å². The van der Waals surface area contributed by atoms with Gasteiger partial charge in [0.2, 0.25) is 5.91 Å². The molecule has 4 aromatic rings. The number of piperazine rings is 1. The minimum atomic E-state index is -4.39. The Hall–Kier alpha value is -3.82. The van der Waals surface area contributed by atoms with Crippen molar-refractivity contribution in [3.8, 4) is 16.9 Å². The predicted molar refractivity (Wildman–Crippen MR) is 149 cm³/mol. The highest BCUT2D eigenvalue weighted by Gasteiger charge is 2.31. The average molecular weight is 569 g/mol. The van der Waals surface area contributed by atoms with E-state index in [1.165, 1.54) is 19.2 Å². The first-order valence-corrected chi connectivity index (χ1v) is 13.2. The Morgan fingerprint density at radius 3 is 2.50 bits per heavy atom. The van der Waals surface area contributed by atoms with Crippen LogP contribution in [0.3, 0.4) is 0 Å². The summed E-state index contributed by atoms with van der Waals surface area (Å²) in [5, 5.41) is 0.592. The molecule has 40 heavy (non-hydrogen) atoms. The molecule has 0 bridgehead atoms. The smallest absolute Gasteiger partial charge is 0.416 e. The van der Waals surface area contributed by atoms with Crippen LogP contribution < -0.4 is 9.64 Å². The summed E-state index contributed by atoms with van der Waals surface area (Å²) in [7, 11) is 1.54. The summed E-state index contributed by atoms with van der Waals surface area (Å²) in [6.45, 7) is 4.10. The number of hydrogen-bond donors (Lipinski definition) is 0. The summed E-state index contributed by atoms with van der Waals surface area (Å²) < 4.78 is 46.5. The van der Waals surface area contributed by atoms with Gasteiger partial charge in [-0.15, -0.1) is 0 Å². The third kappa shape index (κ3) is 5.85. The molecule has 1 aliphatic heterocycles. The van der Waals surface area contributed by atoms with Gasteiger partial charge in [0.25, 0.3) is 0 Å². The molecule has 1 atom stereocenters. The molecule has 0 radical (unpaired) electrons. The van der Waals surface area contributed by atoms with Crippen LogP contribution in [0.15, 0.2) is 79.3 Å². The topological polar surface area (TPSA) is 50.6 Å². The maximum atomic E-state index is 13.0. The van der Waals surface area contributed by atoms with E-state index >= 15 is 0 Å². The zero-order valence-electron chi connectivity index (χ0n) is 22.0. The van der Waals surface area contributed by atoms with E-state index in [4.69, 9.17) is 16.3 Å². The van der Waals surface area contributed by atoms with Crippen molar-refractivity contribution in [3.63, 3.8) is 0 Å². The SMILES string of the molecule is COc1cc(Cn2cncc2C(C)N2CCN(c3cccc(Cl)c3)C(=O)C2)ccc1-c1ccc(C(F)(F)F)cc1. The van der Waals surface area contributed by atoms with Gasteiger partial charge in [0.1, 0.15) is 5.75 Å². The van der Waals surface area contributed by atoms with Crippen LogP contribution in [0.5, 0.6) is 5.75 Å². The number of amides is 1. The first-order valence-electron chi connectivity index (χ1n) is 12.8. The van der Waals surface area contributed by atoms with Gasteiger partial charge in [-0.1, -0.05) is 41.9 Å². The van der Waals surface area contributed by atoms with Gasteiger partial charge in [-0.05, 0) is 54.4 Å². The van der Waals surface area contributed by atoms with Crippen LogP contribution in [-0.2, 0) is 17.5 Å². The molecular weight excluding hydrogens is 541 g/mol. The van der Waals surface area contributed by atoms with Crippen LogP contribution in [0.4, 0.5) is 18.9 Å². The molecule has 0 spiro atoms. The summed E-state index contributed by atoms with van der Waals surface area (Å²) in [6, 6.07) is 17.9. The largest absolute Gasteiger partial charge is 0.496 e. The van der Waals surface area contributed by atoms with Crippen LogP contribution in [0, 0.1) is 0 Å². The summed E-state index contributed by atoms with van der Waals surface area (Å²) in [5.74, 6) is 0.574. The van der Waals surface area contributed by atoms with E-state index in [9.17, 15) is 18.0 Å². The van der Waals surface area contributed by atoms with E-state index in [0.29, 0.717) is 41.5 Å². The molecule has 3 aromatic carbocycles. The quantitative estimate of drug-likeness (QED) is 0.249. The number of anilines is 1. The number of benzene rings is 3. The van der Waals surface area contributed by atoms with Gasteiger partial charge >= 0.3 is 6.18 Å². The number of carbonyl (C=O) groups excluding carboxylic acids is 1. The molecule has 208 valence electrons. The van der Waals surface area contributed by atoms with Crippen molar-refractivity contribution in [3.05, 3.63) is 101 Å². The lowest BCUT2D eigenvalue weighted by Crippen LogP contribution is -2.51. The molecule has 1 saturated heterocycles. The number of methoxy groups -OCH3 is 1. The fraction of sp³-hybridized carbons (Fsp3) is 0.267. The first-order chi connectivity index (χ1) is 19.1. The van der Waals surface area contributed by atoms with E-state index in [2.05, 4.69) is 16.8 Å². The number of imidazole rings is 1. The zero-order chi connectivity index (χ0) is 28.4. The number of alkyl halides is 3.